The topological polar surface area (TPSA) is 55.4 Å². The second-order valence-electron chi connectivity index (χ2n) is 7.14. The molecule has 1 amide bonds. The molecule has 30 heavy (non-hydrogen) atoms. The number of carbonyl (C=O) groups excluding carboxylic acids is 2. The van der Waals surface area contributed by atoms with Gasteiger partial charge < -0.3 is 10.1 Å². The summed E-state index contributed by atoms with van der Waals surface area (Å²) in [6, 6.07) is 17.0. The molecule has 1 N–H and O–H groups in total. The van der Waals surface area contributed by atoms with E-state index in [9.17, 15) is 9.59 Å². The number of hydrogen-bond acceptors (Lipinski definition) is 3. The van der Waals surface area contributed by atoms with Crippen molar-refractivity contribution in [3.05, 3.63) is 87.4 Å². The number of nitrogens with one attached hydrogen (secondary N) is 1. The first-order chi connectivity index (χ1) is 14.3. The maximum absolute atomic E-state index is 13.1. The van der Waals surface area contributed by atoms with Gasteiger partial charge in [0.25, 0.3) is 5.91 Å². The number of benzene rings is 3. The van der Waals surface area contributed by atoms with E-state index in [1.165, 1.54) is 0 Å². The molecule has 3 rings (SSSR count). The average Bonchev–Trinajstić information content (AvgIpc) is 2.71. The minimum Gasteiger partial charge on any atom is -0.462 e. The van der Waals surface area contributed by atoms with Crippen molar-refractivity contribution in [2.75, 3.05) is 11.9 Å². The van der Waals surface area contributed by atoms with Gasteiger partial charge in [0.15, 0.2) is 0 Å². The first-order valence-corrected chi connectivity index (χ1v) is 10.2. The number of esters is 1. The summed E-state index contributed by atoms with van der Waals surface area (Å²) in [5.41, 5.74) is 5.62. The molecule has 0 unspecified atom stereocenters. The zero-order valence-electron chi connectivity index (χ0n) is 17.5. The van der Waals surface area contributed by atoms with Crippen LogP contribution in [0.15, 0.2) is 54.6 Å². The Morgan fingerprint density at radius 2 is 1.57 bits per heavy atom. The van der Waals surface area contributed by atoms with E-state index in [1.807, 2.05) is 49.4 Å². The molecule has 0 atom stereocenters. The van der Waals surface area contributed by atoms with Crippen molar-refractivity contribution in [1.29, 1.82) is 0 Å². The van der Waals surface area contributed by atoms with Crippen molar-refractivity contribution in [3.63, 3.8) is 0 Å². The standard InChI is InChI=1S/C25H24ClNO3/c1-5-30-25(29)19-13-16(3)21(17(4)14-19)24(28)27-23-15(2)11-12-20(22(23)26)18-9-7-6-8-10-18/h6-14H,5H2,1-4H3,(H,27,28). The van der Waals surface area contributed by atoms with Crippen molar-refractivity contribution >= 4 is 29.2 Å². The van der Waals surface area contributed by atoms with E-state index >= 15 is 0 Å². The molecule has 0 saturated carbocycles. The highest BCUT2D eigenvalue weighted by Crippen LogP contribution is 2.36. The molecule has 0 aliphatic carbocycles. The molecular formula is C25H24ClNO3. The highest BCUT2D eigenvalue weighted by Gasteiger charge is 2.19. The van der Waals surface area contributed by atoms with Crippen LogP contribution in [0.1, 0.15) is 44.3 Å². The van der Waals surface area contributed by atoms with Crippen LogP contribution in [-0.2, 0) is 4.74 Å². The second kappa shape index (κ2) is 9.14. The van der Waals surface area contributed by atoms with E-state index in [-0.39, 0.29) is 5.91 Å². The minimum atomic E-state index is -0.398. The molecule has 0 aromatic heterocycles. The van der Waals surface area contributed by atoms with E-state index in [0.717, 1.165) is 16.7 Å². The molecule has 0 spiro atoms. The second-order valence-corrected chi connectivity index (χ2v) is 7.52. The number of rotatable bonds is 5. The summed E-state index contributed by atoms with van der Waals surface area (Å²) in [5, 5.41) is 3.47. The third kappa shape index (κ3) is 4.39. The molecule has 4 nitrogen and oxygen atoms in total. The molecule has 0 saturated heterocycles. The van der Waals surface area contributed by atoms with Crippen LogP contribution in [0.2, 0.25) is 5.02 Å². The summed E-state index contributed by atoms with van der Waals surface area (Å²) in [4.78, 5) is 25.2. The Balaban J connectivity index is 1.96. The fourth-order valence-electron chi connectivity index (χ4n) is 3.50. The van der Waals surface area contributed by atoms with Gasteiger partial charge in [0.05, 0.1) is 22.9 Å². The zero-order valence-corrected chi connectivity index (χ0v) is 18.3. The summed E-state index contributed by atoms with van der Waals surface area (Å²) in [6.07, 6.45) is 0. The molecule has 3 aromatic carbocycles. The fourth-order valence-corrected chi connectivity index (χ4v) is 3.87. The van der Waals surface area contributed by atoms with Crippen LogP contribution in [0.4, 0.5) is 5.69 Å². The van der Waals surface area contributed by atoms with Crippen molar-refractivity contribution in [1.82, 2.24) is 0 Å². The summed E-state index contributed by atoms with van der Waals surface area (Å²) in [5.74, 6) is -0.666. The molecule has 0 aliphatic rings. The fraction of sp³-hybridized carbons (Fsp3) is 0.200. The monoisotopic (exact) mass is 421 g/mol. The lowest BCUT2D eigenvalue weighted by Crippen LogP contribution is -2.17. The lowest BCUT2D eigenvalue weighted by molar-refractivity contribution is 0.0526. The van der Waals surface area contributed by atoms with E-state index in [2.05, 4.69) is 5.32 Å². The number of hydrogen-bond donors (Lipinski definition) is 1. The predicted octanol–water partition coefficient (Wildman–Crippen LogP) is 6.36. The first kappa shape index (κ1) is 21.6. The normalized spacial score (nSPS) is 10.6. The lowest BCUT2D eigenvalue weighted by atomic mass is 9.98. The maximum Gasteiger partial charge on any atom is 0.338 e. The van der Waals surface area contributed by atoms with Gasteiger partial charge >= 0.3 is 5.97 Å². The van der Waals surface area contributed by atoms with Crippen molar-refractivity contribution in [3.8, 4) is 11.1 Å². The summed E-state index contributed by atoms with van der Waals surface area (Å²) >= 11 is 6.69. The van der Waals surface area contributed by atoms with E-state index < -0.39 is 5.97 Å². The Hall–Kier alpha value is -3.11. The van der Waals surface area contributed by atoms with Gasteiger partial charge in [-0.25, -0.2) is 4.79 Å². The van der Waals surface area contributed by atoms with Gasteiger partial charge in [0, 0.05) is 11.1 Å². The van der Waals surface area contributed by atoms with Crippen molar-refractivity contribution in [2.24, 2.45) is 0 Å². The van der Waals surface area contributed by atoms with Gasteiger partial charge in [-0.1, -0.05) is 54.1 Å². The molecule has 3 aromatic rings. The van der Waals surface area contributed by atoms with Crippen LogP contribution in [0.5, 0.6) is 0 Å². The van der Waals surface area contributed by atoms with Crippen LogP contribution < -0.4 is 5.32 Å². The number of carbonyl (C=O) groups is 2. The van der Waals surface area contributed by atoms with Crippen LogP contribution in [0.3, 0.4) is 0 Å². The molecule has 0 radical (unpaired) electrons. The molecule has 0 bridgehead atoms. The van der Waals surface area contributed by atoms with Gasteiger partial charge in [-0.2, -0.15) is 0 Å². The number of ether oxygens (including phenoxy) is 1. The summed E-state index contributed by atoms with van der Waals surface area (Å²) in [7, 11) is 0. The number of amides is 1. The smallest absolute Gasteiger partial charge is 0.338 e. The molecule has 0 heterocycles. The van der Waals surface area contributed by atoms with Crippen LogP contribution >= 0.6 is 11.6 Å². The van der Waals surface area contributed by atoms with E-state index in [1.54, 1.807) is 32.9 Å². The van der Waals surface area contributed by atoms with Gasteiger partial charge in [0.2, 0.25) is 0 Å². The molecule has 5 heteroatoms. The Kier molecular flexibility index (Phi) is 6.58. The van der Waals surface area contributed by atoms with Gasteiger partial charge in [-0.3, -0.25) is 4.79 Å². The SMILES string of the molecule is CCOC(=O)c1cc(C)c(C(=O)Nc2c(C)ccc(-c3ccccc3)c2Cl)c(C)c1. The Bertz CT molecular complexity index is 1080. The largest absolute Gasteiger partial charge is 0.462 e. The highest BCUT2D eigenvalue weighted by atomic mass is 35.5. The lowest BCUT2D eigenvalue weighted by Gasteiger charge is -2.16. The molecule has 0 aliphatic heterocycles. The zero-order chi connectivity index (χ0) is 21.8. The third-order valence-electron chi connectivity index (χ3n) is 4.94. The molecule has 0 fully saturated rings. The minimum absolute atomic E-state index is 0.268. The molecule has 154 valence electrons. The Morgan fingerprint density at radius 3 is 2.17 bits per heavy atom. The average molecular weight is 422 g/mol. The van der Waals surface area contributed by atoms with Crippen LogP contribution in [0, 0.1) is 20.8 Å². The van der Waals surface area contributed by atoms with Gasteiger partial charge in [-0.05, 0) is 62.1 Å². The van der Waals surface area contributed by atoms with Gasteiger partial charge in [0.1, 0.15) is 0 Å². The number of halogens is 1. The number of aryl methyl sites for hydroxylation is 3. The maximum atomic E-state index is 13.1. The Morgan fingerprint density at radius 1 is 0.933 bits per heavy atom. The quantitative estimate of drug-likeness (QED) is 0.487. The summed E-state index contributed by atoms with van der Waals surface area (Å²) in [6.45, 7) is 7.57. The summed E-state index contributed by atoms with van der Waals surface area (Å²) < 4.78 is 5.06. The van der Waals surface area contributed by atoms with E-state index in [4.69, 9.17) is 16.3 Å². The van der Waals surface area contributed by atoms with E-state index in [0.29, 0.717) is 39.6 Å². The Labute approximate surface area is 181 Å². The van der Waals surface area contributed by atoms with Crippen molar-refractivity contribution in [2.45, 2.75) is 27.7 Å². The molecular weight excluding hydrogens is 398 g/mol. The third-order valence-corrected chi connectivity index (χ3v) is 5.34. The highest BCUT2D eigenvalue weighted by molar-refractivity contribution is 6.37. The predicted molar refractivity (Wildman–Crippen MR) is 121 cm³/mol. The first-order valence-electron chi connectivity index (χ1n) is 9.77. The van der Waals surface area contributed by atoms with Crippen LogP contribution in [0.25, 0.3) is 11.1 Å². The van der Waals surface area contributed by atoms with Crippen molar-refractivity contribution < 1.29 is 14.3 Å². The van der Waals surface area contributed by atoms with Gasteiger partial charge in [-0.15, -0.1) is 0 Å². The number of anilines is 1. The van der Waals surface area contributed by atoms with Crippen LogP contribution in [-0.4, -0.2) is 18.5 Å².